The van der Waals surface area contributed by atoms with Crippen molar-refractivity contribution >= 4 is 39.6 Å². The molecule has 154 valence electrons. The van der Waals surface area contributed by atoms with Crippen LogP contribution in [0.4, 0.5) is 0 Å². The zero-order valence-corrected chi connectivity index (χ0v) is 17.9. The molecule has 0 saturated carbocycles. The number of carbonyl (C=O) groups is 1. The van der Waals surface area contributed by atoms with E-state index in [-0.39, 0.29) is 12.1 Å². The monoisotopic (exact) mass is 420 g/mol. The van der Waals surface area contributed by atoms with E-state index in [2.05, 4.69) is 44.9 Å². The molecule has 1 N–H and O–H groups in total. The number of aromatic nitrogens is 3. The van der Waals surface area contributed by atoms with Crippen molar-refractivity contribution in [2.45, 2.75) is 19.5 Å². The summed E-state index contributed by atoms with van der Waals surface area (Å²) < 4.78 is 7.76. The molecule has 6 nitrogen and oxygen atoms in total. The van der Waals surface area contributed by atoms with Crippen LogP contribution in [0.25, 0.3) is 33.3 Å². The van der Waals surface area contributed by atoms with Gasteiger partial charge >= 0.3 is 0 Å². The summed E-state index contributed by atoms with van der Waals surface area (Å²) in [6.45, 7) is 2.70. The summed E-state index contributed by atoms with van der Waals surface area (Å²) in [6.07, 6.45) is 2.28. The first-order chi connectivity index (χ1) is 14.7. The Morgan fingerprint density at radius 2 is 2.17 bits per heavy atom. The molecule has 3 aromatic heterocycles. The van der Waals surface area contributed by atoms with E-state index in [1.807, 2.05) is 35.7 Å². The van der Waals surface area contributed by atoms with E-state index in [1.165, 1.54) is 0 Å². The topological polar surface area (TPSA) is 63.2 Å². The lowest BCUT2D eigenvalue weighted by Crippen LogP contribution is -2.43. The molecule has 1 unspecified atom stereocenters. The van der Waals surface area contributed by atoms with Gasteiger partial charge in [0.25, 0.3) is 0 Å². The highest BCUT2D eigenvalue weighted by molar-refractivity contribution is 7.99. The molecule has 30 heavy (non-hydrogen) atoms. The van der Waals surface area contributed by atoms with E-state index >= 15 is 0 Å². The van der Waals surface area contributed by atoms with Crippen molar-refractivity contribution in [3.05, 3.63) is 48.7 Å². The SMILES string of the molecule is CCC(=O)N1CCSCC1n1c(-c2cc3cccnc3[nH]2)cc2cc(OC)ccc21. The summed E-state index contributed by atoms with van der Waals surface area (Å²) >= 11 is 1.90. The van der Waals surface area contributed by atoms with Crippen LogP contribution < -0.4 is 4.74 Å². The average Bonchev–Trinajstić information content (AvgIpc) is 3.39. The van der Waals surface area contributed by atoms with E-state index in [1.54, 1.807) is 13.3 Å². The Morgan fingerprint density at radius 3 is 2.97 bits per heavy atom. The second-order valence-electron chi connectivity index (χ2n) is 7.44. The molecule has 0 spiro atoms. The Bertz CT molecular complexity index is 1200. The first-order valence-corrected chi connectivity index (χ1v) is 11.4. The number of rotatable bonds is 4. The molecular formula is C23H24N4O2S. The predicted octanol–water partition coefficient (Wildman–Crippen LogP) is 4.68. The maximum Gasteiger partial charge on any atom is 0.223 e. The Morgan fingerprint density at radius 1 is 1.27 bits per heavy atom. The van der Waals surface area contributed by atoms with Crippen molar-refractivity contribution < 1.29 is 9.53 Å². The number of methoxy groups -OCH3 is 1. The van der Waals surface area contributed by atoms with Gasteiger partial charge in [0.2, 0.25) is 5.91 Å². The molecule has 1 aliphatic heterocycles. The molecule has 0 radical (unpaired) electrons. The van der Waals surface area contributed by atoms with Crippen LogP contribution in [-0.2, 0) is 4.79 Å². The van der Waals surface area contributed by atoms with E-state index in [0.717, 1.165) is 57.1 Å². The highest BCUT2D eigenvalue weighted by Crippen LogP contribution is 2.37. The molecular weight excluding hydrogens is 396 g/mol. The molecule has 1 aromatic carbocycles. The van der Waals surface area contributed by atoms with E-state index in [0.29, 0.717) is 6.42 Å². The maximum atomic E-state index is 12.8. The van der Waals surface area contributed by atoms with Crippen molar-refractivity contribution in [1.29, 1.82) is 0 Å². The average molecular weight is 421 g/mol. The summed E-state index contributed by atoms with van der Waals surface area (Å²) in [5, 5.41) is 2.16. The minimum atomic E-state index is -0.0310. The second kappa shape index (κ2) is 7.72. The number of ether oxygens (including phenoxy) is 1. The van der Waals surface area contributed by atoms with Gasteiger partial charge in [-0.1, -0.05) is 6.92 Å². The molecule has 7 heteroatoms. The fraction of sp³-hybridized carbons (Fsp3) is 0.304. The van der Waals surface area contributed by atoms with Gasteiger partial charge in [-0.25, -0.2) is 4.98 Å². The summed E-state index contributed by atoms with van der Waals surface area (Å²) in [5.74, 6) is 2.86. The van der Waals surface area contributed by atoms with Crippen molar-refractivity contribution in [2.75, 3.05) is 25.2 Å². The fourth-order valence-corrected chi connectivity index (χ4v) is 5.30. The van der Waals surface area contributed by atoms with E-state index in [9.17, 15) is 4.79 Å². The first-order valence-electron chi connectivity index (χ1n) is 10.2. The smallest absolute Gasteiger partial charge is 0.223 e. The zero-order chi connectivity index (χ0) is 20.7. The molecule has 4 aromatic rings. The van der Waals surface area contributed by atoms with Crippen molar-refractivity contribution in [3.8, 4) is 17.1 Å². The summed E-state index contributed by atoms with van der Waals surface area (Å²) in [7, 11) is 1.68. The second-order valence-corrected chi connectivity index (χ2v) is 8.59. The summed E-state index contributed by atoms with van der Waals surface area (Å²) in [4.78, 5) is 22.7. The highest BCUT2D eigenvalue weighted by atomic mass is 32.2. The first kappa shape index (κ1) is 19.1. The summed E-state index contributed by atoms with van der Waals surface area (Å²) in [6, 6.07) is 14.4. The van der Waals surface area contributed by atoms with Crippen LogP contribution in [0.2, 0.25) is 0 Å². The molecule has 1 atom stereocenters. The largest absolute Gasteiger partial charge is 0.497 e. The number of nitrogens with one attached hydrogen (secondary N) is 1. The van der Waals surface area contributed by atoms with Crippen LogP contribution in [-0.4, -0.2) is 50.5 Å². The number of nitrogens with zero attached hydrogens (tertiary/aromatic N) is 3. The quantitative estimate of drug-likeness (QED) is 0.521. The Kier molecular flexibility index (Phi) is 4.90. The molecule has 0 bridgehead atoms. The molecule has 1 amide bonds. The lowest BCUT2D eigenvalue weighted by molar-refractivity contribution is -0.134. The van der Waals surface area contributed by atoms with Crippen LogP contribution in [0, 0.1) is 0 Å². The number of pyridine rings is 1. The van der Waals surface area contributed by atoms with Gasteiger partial charge in [-0.15, -0.1) is 0 Å². The summed E-state index contributed by atoms with van der Waals surface area (Å²) in [5.41, 5.74) is 4.01. The van der Waals surface area contributed by atoms with Gasteiger partial charge in [0.1, 0.15) is 17.6 Å². The number of H-pyrrole nitrogens is 1. The van der Waals surface area contributed by atoms with Crippen molar-refractivity contribution in [2.24, 2.45) is 0 Å². The molecule has 5 rings (SSSR count). The van der Waals surface area contributed by atoms with E-state index < -0.39 is 0 Å². The van der Waals surface area contributed by atoms with Gasteiger partial charge in [-0.3, -0.25) is 4.79 Å². The normalized spacial score (nSPS) is 17.0. The number of aromatic amines is 1. The molecule has 0 aliphatic carbocycles. The van der Waals surface area contributed by atoms with Crippen LogP contribution >= 0.6 is 11.8 Å². The molecule has 4 heterocycles. The van der Waals surface area contributed by atoms with Gasteiger partial charge in [0.15, 0.2) is 0 Å². The standard InChI is InChI=1S/C23H24N4O2S/c1-3-22(28)26-9-10-30-14-21(26)27-19-7-6-17(29-2)11-16(19)13-20(27)18-12-15-5-4-8-24-23(15)25-18/h4-8,11-13,21H,3,9-10,14H2,1-2H3,(H,24,25). The third-order valence-corrected chi connectivity index (χ3v) is 6.74. The van der Waals surface area contributed by atoms with Crippen LogP contribution in [0.3, 0.4) is 0 Å². The number of thioether (sulfide) groups is 1. The fourth-order valence-electron chi connectivity index (χ4n) is 4.26. The molecule has 1 fully saturated rings. The van der Waals surface area contributed by atoms with Crippen LogP contribution in [0.5, 0.6) is 5.75 Å². The van der Waals surface area contributed by atoms with Gasteiger partial charge in [-0.2, -0.15) is 11.8 Å². The lowest BCUT2D eigenvalue weighted by atomic mass is 10.2. The van der Waals surface area contributed by atoms with Gasteiger partial charge < -0.3 is 19.2 Å². The number of amides is 1. The van der Waals surface area contributed by atoms with E-state index in [4.69, 9.17) is 4.74 Å². The lowest BCUT2D eigenvalue weighted by Gasteiger charge is -2.37. The molecule has 1 aliphatic rings. The maximum absolute atomic E-state index is 12.8. The van der Waals surface area contributed by atoms with Crippen LogP contribution in [0.15, 0.2) is 48.7 Å². The number of fused-ring (bicyclic) bond motifs is 2. The third kappa shape index (κ3) is 3.13. The number of hydrogen-bond donors (Lipinski definition) is 1. The number of benzene rings is 1. The zero-order valence-electron chi connectivity index (χ0n) is 17.1. The third-order valence-electron chi connectivity index (χ3n) is 5.74. The van der Waals surface area contributed by atoms with Gasteiger partial charge in [0, 0.05) is 41.4 Å². The Hall–Kier alpha value is -2.93. The van der Waals surface area contributed by atoms with Crippen molar-refractivity contribution in [3.63, 3.8) is 0 Å². The molecule has 1 saturated heterocycles. The van der Waals surface area contributed by atoms with Crippen LogP contribution in [0.1, 0.15) is 19.5 Å². The number of carbonyl (C=O) groups excluding carboxylic acids is 1. The minimum Gasteiger partial charge on any atom is -0.497 e. The van der Waals surface area contributed by atoms with Gasteiger partial charge in [-0.05, 0) is 42.5 Å². The Labute approximate surface area is 179 Å². The Balaban J connectivity index is 1.74. The van der Waals surface area contributed by atoms with Crippen molar-refractivity contribution in [1.82, 2.24) is 19.4 Å². The number of hydrogen-bond acceptors (Lipinski definition) is 4. The minimum absolute atomic E-state index is 0.0310. The highest BCUT2D eigenvalue weighted by Gasteiger charge is 2.30. The van der Waals surface area contributed by atoms with Gasteiger partial charge in [0.05, 0.1) is 24.0 Å². The predicted molar refractivity (Wildman–Crippen MR) is 122 cm³/mol.